The van der Waals surface area contributed by atoms with Crippen LogP contribution in [0.25, 0.3) is 0 Å². The number of ether oxygens (including phenoxy) is 1. The van der Waals surface area contributed by atoms with Gasteiger partial charge in [-0.2, -0.15) is 0 Å². The minimum absolute atomic E-state index is 0.0438. The highest BCUT2D eigenvalue weighted by molar-refractivity contribution is 6.11. The van der Waals surface area contributed by atoms with Crippen molar-refractivity contribution in [2.24, 2.45) is 5.73 Å². The molecular weight excluding hydrogens is 262 g/mol. The van der Waals surface area contributed by atoms with E-state index in [9.17, 15) is 4.79 Å². The Balaban J connectivity index is 2.48. The summed E-state index contributed by atoms with van der Waals surface area (Å²) >= 11 is 0. The lowest BCUT2D eigenvalue weighted by Gasteiger charge is -2.12. The lowest BCUT2D eigenvalue weighted by molar-refractivity contribution is 0.103. The van der Waals surface area contributed by atoms with Crippen LogP contribution in [0, 0.1) is 13.8 Å². The SMILES string of the molecule is COc1cc(C)c(C(=O)c2ccccc2CCN)cc1C. The average Bonchev–Trinajstić information content (AvgIpc) is 2.49. The first-order valence-corrected chi connectivity index (χ1v) is 7.06. The molecule has 0 saturated heterocycles. The third-order valence-electron chi connectivity index (χ3n) is 3.66. The quantitative estimate of drug-likeness (QED) is 0.858. The number of aryl methyl sites for hydroxylation is 2. The lowest BCUT2D eigenvalue weighted by Crippen LogP contribution is -2.11. The van der Waals surface area contributed by atoms with Gasteiger partial charge in [-0.15, -0.1) is 0 Å². The maximum absolute atomic E-state index is 12.8. The maximum atomic E-state index is 12.8. The molecule has 0 unspecified atom stereocenters. The second kappa shape index (κ2) is 6.55. The number of carbonyl (C=O) groups excluding carboxylic acids is 1. The van der Waals surface area contributed by atoms with Crippen LogP contribution < -0.4 is 10.5 Å². The molecule has 3 heteroatoms. The first kappa shape index (κ1) is 15.3. The van der Waals surface area contributed by atoms with Gasteiger partial charge in [0.05, 0.1) is 7.11 Å². The fourth-order valence-corrected chi connectivity index (χ4v) is 2.51. The van der Waals surface area contributed by atoms with E-state index in [1.165, 1.54) is 0 Å². The van der Waals surface area contributed by atoms with Crippen LogP contribution in [0.3, 0.4) is 0 Å². The van der Waals surface area contributed by atoms with Gasteiger partial charge < -0.3 is 10.5 Å². The number of benzene rings is 2. The van der Waals surface area contributed by atoms with Crippen molar-refractivity contribution in [1.82, 2.24) is 0 Å². The van der Waals surface area contributed by atoms with E-state index >= 15 is 0 Å². The highest BCUT2D eigenvalue weighted by atomic mass is 16.5. The Labute approximate surface area is 125 Å². The maximum Gasteiger partial charge on any atom is 0.193 e. The van der Waals surface area contributed by atoms with Gasteiger partial charge in [-0.3, -0.25) is 4.79 Å². The molecule has 0 heterocycles. The van der Waals surface area contributed by atoms with Crippen molar-refractivity contribution in [2.45, 2.75) is 20.3 Å². The van der Waals surface area contributed by atoms with Crippen LogP contribution in [0.15, 0.2) is 36.4 Å². The predicted octanol–water partition coefficient (Wildman–Crippen LogP) is 3.04. The molecule has 2 rings (SSSR count). The van der Waals surface area contributed by atoms with Crippen LogP contribution in [0.4, 0.5) is 0 Å². The summed E-state index contributed by atoms with van der Waals surface area (Å²) in [6.45, 7) is 4.41. The molecule has 0 atom stereocenters. The van der Waals surface area contributed by atoms with Gasteiger partial charge in [-0.25, -0.2) is 0 Å². The third kappa shape index (κ3) is 3.14. The highest BCUT2D eigenvalue weighted by Crippen LogP contribution is 2.25. The Bertz CT molecular complexity index is 662. The van der Waals surface area contributed by atoms with E-state index < -0.39 is 0 Å². The molecule has 0 aromatic heterocycles. The summed E-state index contributed by atoms with van der Waals surface area (Å²) < 4.78 is 5.30. The van der Waals surface area contributed by atoms with Crippen molar-refractivity contribution in [3.05, 3.63) is 64.2 Å². The number of ketones is 1. The summed E-state index contributed by atoms with van der Waals surface area (Å²) in [6.07, 6.45) is 0.704. The van der Waals surface area contributed by atoms with Crippen LogP contribution >= 0.6 is 0 Å². The fraction of sp³-hybridized carbons (Fsp3) is 0.278. The molecule has 0 aliphatic heterocycles. The van der Waals surface area contributed by atoms with Gasteiger partial charge in [0.15, 0.2) is 5.78 Å². The van der Waals surface area contributed by atoms with E-state index in [0.29, 0.717) is 13.0 Å². The van der Waals surface area contributed by atoms with Gasteiger partial charge in [0, 0.05) is 11.1 Å². The van der Waals surface area contributed by atoms with Crippen LogP contribution in [0.5, 0.6) is 5.75 Å². The number of methoxy groups -OCH3 is 1. The minimum Gasteiger partial charge on any atom is -0.496 e. The molecule has 110 valence electrons. The van der Waals surface area contributed by atoms with Gasteiger partial charge in [0.25, 0.3) is 0 Å². The number of rotatable bonds is 5. The standard InChI is InChI=1S/C18H21NO2/c1-12-11-17(21-3)13(2)10-16(12)18(20)15-7-5-4-6-14(15)8-9-19/h4-7,10-11H,8-9,19H2,1-3H3. The topological polar surface area (TPSA) is 52.3 Å². The molecule has 0 aliphatic rings. The van der Waals surface area contributed by atoms with E-state index in [2.05, 4.69) is 0 Å². The molecule has 0 saturated carbocycles. The van der Waals surface area contributed by atoms with Crippen molar-refractivity contribution >= 4 is 5.78 Å². The van der Waals surface area contributed by atoms with Crippen LogP contribution in [0.2, 0.25) is 0 Å². The second-order valence-electron chi connectivity index (χ2n) is 5.16. The van der Waals surface area contributed by atoms with E-state index in [1.54, 1.807) is 7.11 Å². The smallest absolute Gasteiger partial charge is 0.193 e. The van der Waals surface area contributed by atoms with Crippen LogP contribution in [0.1, 0.15) is 32.6 Å². The van der Waals surface area contributed by atoms with E-state index in [0.717, 1.165) is 33.6 Å². The van der Waals surface area contributed by atoms with Gasteiger partial charge >= 0.3 is 0 Å². The Morgan fingerprint density at radius 2 is 1.81 bits per heavy atom. The monoisotopic (exact) mass is 283 g/mol. The largest absolute Gasteiger partial charge is 0.496 e. The molecule has 0 spiro atoms. The number of nitrogens with two attached hydrogens (primary N) is 1. The zero-order valence-corrected chi connectivity index (χ0v) is 12.8. The summed E-state index contributed by atoms with van der Waals surface area (Å²) in [5, 5.41) is 0. The zero-order valence-electron chi connectivity index (χ0n) is 12.8. The summed E-state index contributed by atoms with van der Waals surface area (Å²) in [5.74, 6) is 0.849. The molecule has 21 heavy (non-hydrogen) atoms. The first-order valence-electron chi connectivity index (χ1n) is 7.06. The van der Waals surface area contributed by atoms with Crippen LogP contribution in [-0.2, 0) is 6.42 Å². The Kier molecular flexibility index (Phi) is 4.76. The van der Waals surface area contributed by atoms with Gasteiger partial charge in [0.2, 0.25) is 0 Å². The zero-order chi connectivity index (χ0) is 15.4. The first-order chi connectivity index (χ1) is 10.1. The lowest BCUT2D eigenvalue weighted by atomic mass is 9.93. The molecule has 0 fully saturated rings. The molecule has 0 bridgehead atoms. The van der Waals surface area contributed by atoms with Crippen molar-refractivity contribution in [3.8, 4) is 5.75 Å². The summed E-state index contributed by atoms with van der Waals surface area (Å²) in [4.78, 5) is 12.8. The van der Waals surface area contributed by atoms with Crippen molar-refractivity contribution in [1.29, 1.82) is 0 Å². The molecule has 2 aromatic rings. The Morgan fingerprint density at radius 1 is 1.10 bits per heavy atom. The normalized spacial score (nSPS) is 10.5. The van der Waals surface area contributed by atoms with Gasteiger partial charge in [0.1, 0.15) is 5.75 Å². The van der Waals surface area contributed by atoms with Crippen LogP contribution in [-0.4, -0.2) is 19.4 Å². The number of hydrogen-bond donors (Lipinski definition) is 1. The van der Waals surface area contributed by atoms with Crippen molar-refractivity contribution in [3.63, 3.8) is 0 Å². The van der Waals surface area contributed by atoms with E-state index in [1.807, 2.05) is 50.2 Å². The molecule has 2 aromatic carbocycles. The van der Waals surface area contributed by atoms with Gasteiger partial charge in [-0.1, -0.05) is 24.3 Å². The fourth-order valence-electron chi connectivity index (χ4n) is 2.51. The highest BCUT2D eigenvalue weighted by Gasteiger charge is 2.16. The molecular formula is C18H21NO2. The predicted molar refractivity (Wildman–Crippen MR) is 85.1 cm³/mol. The Morgan fingerprint density at radius 3 is 2.48 bits per heavy atom. The number of carbonyl (C=O) groups is 1. The molecule has 0 radical (unpaired) electrons. The van der Waals surface area contributed by atoms with Gasteiger partial charge in [-0.05, 0) is 55.6 Å². The third-order valence-corrected chi connectivity index (χ3v) is 3.66. The van der Waals surface area contributed by atoms with E-state index in [4.69, 9.17) is 10.5 Å². The second-order valence-corrected chi connectivity index (χ2v) is 5.16. The molecule has 0 amide bonds. The molecule has 2 N–H and O–H groups in total. The molecule has 3 nitrogen and oxygen atoms in total. The summed E-state index contributed by atoms with van der Waals surface area (Å²) in [5.41, 5.74) is 9.96. The average molecular weight is 283 g/mol. The van der Waals surface area contributed by atoms with E-state index in [-0.39, 0.29) is 5.78 Å². The summed E-state index contributed by atoms with van der Waals surface area (Å²) in [6, 6.07) is 11.5. The van der Waals surface area contributed by atoms with Crippen molar-refractivity contribution < 1.29 is 9.53 Å². The number of hydrogen-bond acceptors (Lipinski definition) is 3. The Hall–Kier alpha value is -2.13. The summed E-state index contributed by atoms with van der Waals surface area (Å²) in [7, 11) is 1.64. The molecule has 0 aliphatic carbocycles. The minimum atomic E-state index is 0.0438. The van der Waals surface area contributed by atoms with Crippen molar-refractivity contribution in [2.75, 3.05) is 13.7 Å².